The molecule has 1 fully saturated rings. The summed E-state index contributed by atoms with van der Waals surface area (Å²) < 4.78 is 0. The third-order valence-electron chi connectivity index (χ3n) is 3.96. The molecule has 1 nitrogen and oxygen atoms in total. The molecule has 84 valence electrons. The molecule has 0 amide bonds. The van der Waals surface area contributed by atoms with Gasteiger partial charge in [0, 0.05) is 0 Å². The van der Waals surface area contributed by atoms with Gasteiger partial charge in [-0.3, -0.25) is 0 Å². The van der Waals surface area contributed by atoms with Crippen molar-refractivity contribution < 1.29 is 0 Å². The maximum absolute atomic E-state index is 3.28. The van der Waals surface area contributed by atoms with E-state index in [4.69, 9.17) is 0 Å². The zero-order chi connectivity index (χ0) is 10.4. The van der Waals surface area contributed by atoms with E-state index >= 15 is 0 Å². The third kappa shape index (κ3) is 3.61. The molecular formula is C13H27N. The standard InChI is InChI=1S/C13H27N/c1-4-11-8-12(5-2)10-13(9-11)6-7-14-3/h11-14H,4-10H2,1-3H3. The topological polar surface area (TPSA) is 12.0 Å². The zero-order valence-electron chi connectivity index (χ0n) is 10.2. The average Bonchev–Trinajstić information content (AvgIpc) is 2.25. The Labute approximate surface area is 89.7 Å². The number of hydrogen-bond donors (Lipinski definition) is 1. The summed E-state index contributed by atoms with van der Waals surface area (Å²) in [6, 6.07) is 0. The molecule has 0 bridgehead atoms. The summed E-state index contributed by atoms with van der Waals surface area (Å²) in [6.45, 7) is 5.92. The van der Waals surface area contributed by atoms with Crippen molar-refractivity contribution in [2.24, 2.45) is 17.8 Å². The van der Waals surface area contributed by atoms with Gasteiger partial charge in [0.05, 0.1) is 0 Å². The number of rotatable bonds is 5. The minimum Gasteiger partial charge on any atom is -0.320 e. The molecule has 0 aromatic carbocycles. The predicted octanol–water partition coefficient (Wildman–Crippen LogP) is 3.45. The van der Waals surface area contributed by atoms with E-state index in [0.717, 1.165) is 17.8 Å². The van der Waals surface area contributed by atoms with Crippen LogP contribution in [0, 0.1) is 17.8 Å². The fourth-order valence-corrected chi connectivity index (χ4v) is 2.95. The Balaban J connectivity index is 2.35. The predicted molar refractivity (Wildman–Crippen MR) is 63.4 cm³/mol. The van der Waals surface area contributed by atoms with Crippen molar-refractivity contribution >= 4 is 0 Å². The molecule has 2 unspecified atom stereocenters. The molecule has 1 aliphatic carbocycles. The monoisotopic (exact) mass is 197 g/mol. The van der Waals surface area contributed by atoms with Crippen molar-refractivity contribution in [2.45, 2.75) is 52.4 Å². The van der Waals surface area contributed by atoms with E-state index in [-0.39, 0.29) is 0 Å². The van der Waals surface area contributed by atoms with Crippen LogP contribution in [-0.4, -0.2) is 13.6 Å². The van der Waals surface area contributed by atoms with E-state index in [1.54, 1.807) is 0 Å². The Bertz CT molecular complexity index is 132. The first-order valence-corrected chi connectivity index (χ1v) is 6.44. The maximum atomic E-state index is 3.28. The zero-order valence-corrected chi connectivity index (χ0v) is 10.2. The van der Waals surface area contributed by atoms with Crippen LogP contribution >= 0.6 is 0 Å². The van der Waals surface area contributed by atoms with Crippen LogP contribution in [0.1, 0.15) is 52.4 Å². The van der Waals surface area contributed by atoms with Crippen molar-refractivity contribution in [1.29, 1.82) is 0 Å². The van der Waals surface area contributed by atoms with Gasteiger partial charge in [-0.25, -0.2) is 0 Å². The fraction of sp³-hybridized carbons (Fsp3) is 1.00. The molecule has 14 heavy (non-hydrogen) atoms. The summed E-state index contributed by atoms with van der Waals surface area (Å²) in [5, 5.41) is 3.28. The van der Waals surface area contributed by atoms with Gasteiger partial charge in [-0.2, -0.15) is 0 Å². The van der Waals surface area contributed by atoms with Gasteiger partial charge in [-0.15, -0.1) is 0 Å². The van der Waals surface area contributed by atoms with Crippen LogP contribution in [0.4, 0.5) is 0 Å². The number of hydrogen-bond acceptors (Lipinski definition) is 1. The summed E-state index contributed by atoms with van der Waals surface area (Å²) in [7, 11) is 2.07. The van der Waals surface area contributed by atoms with Crippen molar-refractivity contribution in [3.05, 3.63) is 0 Å². The van der Waals surface area contributed by atoms with Gasteiger partial charge in [0.2, 0.25) is 0 Å². The maximum Gasteiger partial charge on any atom is -0.00493 e. The van der Waals surface area contributed by atoms with Crippen molar-refractivity contribution in [3.63, 3.8) is 0 Å². The molecule has 0 aliphatic heterocycles. The third-order valence-corrected chi connectivity index (χ3v) is 3.96. The lowest BCUT2D eigenvalue weighted by Gasteiger charge is -2.34. The summed E-state index contributed by atoms with van der Waals surface area (Å²) in [4.78, 5) is 0. The average molecular weight is 197 g/mol. The molecule has 0 spiro atoms. The molecule has 0 aromatic rings. The van der Waals surface area contributed by atoms with Crippen LogP contribution in [0.3, 0.4) is 0 Å². The minimum absolute atomic E-state index is 1.01. The minimum atomic E-state index is 1.01. The van der Waals surface area contributed by atoms with Gasteiger partial charge in [0.15, 0.2) is 0 Å². The summed E-state index contributed by atoms with van der Waals surface area (Å²) in [5.74, 6) is 3.05. The van der Waals surface area contributed by atoms with Crippen LogP contribution in [0.15, 0.2) is 0 Å². The summed E-state index contributed by atoms with van der Waals surface area (Å²) in [6.07, 6.45) is 8.68. The Morgan fingerprint density at radius 1 is 0.929 bits per heavy atom. The second-order valence-corrected chi connectivity index (χ2v) is 5.01. The Morgan fingerprint density at radius 2 is 1.43 bits per heavy atom. The molecule has 1 N–H and O–H groups in total. The fourth-order valence-electron chi connectivity index (χ4n) is 2.95. The lowest BCUT2D eigenvalue weighted by atomic mass is 9.72. The lowest BCUT2D eigenvalue weighted by molar-refractivity contribution is 0.179. The molecule has 1 heteroatoms. The van der Waals surface area contributed by atoms with Crippen LogP contribution in [0.25, 0.3) is 0 Å². The summed E-state index contributed by atoms with van der Waals surface area (Å²) >= 11 is 0. The lowest BCUT2D eigenvalue weighted by Crippen LogP contribution is -2.24. The van der Waals surface area contributed by atoms with Crippen LogP contribution < -0.4 is 5.32 Å². The molecule has 0 heterocycles. The van der Waals surface area contributed by atoms with Gasteiger partial charge >= 0.3 is 0 Å². The molecule has 2 atom stereocenters. The first-order chi connectivity index (χ1) is 6.80. The second-order valence-electron chi connectivity index (χ2n) is 5.01. The van der Waals surface area contributed by atoms with E-state index in [1.807, 2.05) is 0 Å². The normalized spacial score (nSPS) is 33.2. The molecule has 0 aromatic heterocycles. The van der Waals surface area contributed by atoms with Crippen LogP contribution in [0.5, 0.6) is 0 Å². The molecule has 1 aliphatic rings. The Kier molecular flexibility index (Phi) is 5.54. The molecule has 0 radical (unpaired) electrons. The van der Waals surface area contributed by atoms with Crippen molar-refractivity contribution in [1.82, 2.24) is 5.32 Å². The Hall–Kier alpha value is -0.0400. The van der Waals surface area contributed by atoms with E-state index in [2.05, 4.69) is 26.2 Å². The van der Waals surface area contributed by atoms with Gasteiger partial charge in [-0.05, 0) is 57.0 Å². The molecule has 1 saturated carbocycles. The summed E-state index contributed by atoms with van der Waals surface area (Å²) in [5.41, 5.74) is 0. The first-order valence-electron chi connectivity index (χ1n) is 6.44. The second kappa shape index (κ2) is 6.44. The first kappa shape index (κ1) is 12.0. The highest BCUT2D eigenvalue weighted by Crippen LogP contribution is 2.37. The van der Waals surface area contributed by atoms with E-state index in [1.165, 1.54) is 45.1 Å². The molecular weight excluding hydrogens is 170 g/mol. The largest absolute Gasteiger partial charge is 0.320 e. The van der Waals surface area contributed by atoms with Crippen LogP contribution in [0.2, 0.25) is 0 Å². The van der Waals surface area contributed by atoms with Crippen molar-refractivity contribution in [2.75, 3.05) is 13.6 Å². The number of nitrogens with one attached hydrogen (secondary N) is 1. The highest BCUT2D eigenvalue weighted by Gasteiger charge is 2.26. The van der Waals surface area contributed by atoms with E-state index in [0.29, 0.717) is 0 Å². The van der Waals surface area contributed by atoms with Gasteiger partial charge in [-0.1, -0.05) is 26.7 Å². The quantitative estimate of drug-likeness (QED) is 0.712. The van der Waals surface area contributed by atoms with Crippen LogP contribution in [-0.2, 0) is 0 Å². The highest BCUT2D eigenvalue weighted by atomic mass is 14.8. The smallest absolute Gasteiger partial charge is 0.00493 e. The molecule has 0 saturated heterocycles. The Morgan fingerprint density at radius 3 is 1.86 bits per heavy atom. The van der Waals surface area contributed by atoms with Gasteiger partial charge in [0.25, 0.3) is 0 Å². The van der Waals surface area contributed by atoms with E-state index < -0.39 is 0 Å². The van der Waals surface area contributed by atoms with Gasteiger partial charge < -0.3 is 5.32 Å². The SMILES string of the molecule is CCC1CC(CC)CC(CCNC)C1. The highest BCUT2D eigenvalue weighted by molar-refractivity contribution is 4.78. The van der Waals surface area contributed by atoms with Crippen molar-refractivity contribution in [3.8, 4) is 0 Å². The van der Waals surface area contributed by atoms with E-state index in [9.17, 15) is 0 Å². The molecule has 1 rings (SSSR count). The van der Waals surface area contributed by atoms with Gasteiger partial charge in [0.1, 0.15) is 0 Å².